The smallest absolute Gasteiger partial charge is 0.334 e. The monoisotopic (exact) mass is 360 g/mol. The first kappa shape index (κ1) is 18.4. The molecule has 0 radical (unpaired) electrons. The average Bonchev–Trinajstić information content (AvgIpc) is 2.95. The molecule has 1 saturated heterocycles. The molecule has 0 aromatic heterocycles. The Balaban J connectivity index is 2.00. The third-order valence-corrected chi connectivity index (χ3v) is 5.03. The van der Waals surface area contributed by atoms with Crippen LogP contribution in [0.25, 0.3) is 0 Å². The van der Waals surface area contributed by atoms with Crippen molar-refractivity contribution in [2.24, 2.45) is 11.8 Å². The second-order valence-corrected chi connectivity index (χ2v) is 7.81. The van der Waals surface area contributed by atoms with E-state index < -0.39 is 29.7 Å². The van der Waals surface area contributed by atoms with Crippen LogP contribution >= 0.6 is 0 Å². The molecule has 6 heteroatoms. The van der Waals surface area contributed by atoms with E-state index in [4.69, 9.17) is 14.2 Å². The number of esters is 2. The molecular formula is C20H24O6. The first-order chi connectivity index (χ1) is 12.1. The molecule has 0 spiro atoms. The Morgan fingerprint density at radius 2 is 2.12 bits per heavy atom. The summed E-state index contributed by atoms with van der Waals surface area (Å²) in [5.74, 6) is -1.01. The van der Waals surface area contributed by atoms with Crippen LogP contribution in [0, 0.1) is 11.8 Å². The molecule has 3 aliphatic rings. The van der Waals surface area contributed by atoms with Crippen LogP contribution in [-0.4, -0.2) is 35.5 Å². The van der Waals surface area contributed by atoms with Crippen LogP contribution < -0.4 is 0 Å². The summed E-state index contributed by atoms with van der Waals surface area (Å²) in [5, 5.41) is 0. The fourth-order valence-electron chi connectivity index (χ4n) is 3.62. The Bertz CT molecular complexity index is 743. The predicted octanol–water partition coefficient (Wildman–Crippen LogP) is 2.63. The minimum absolute atomic E-state index is 0.133. The third kappa shape index (κ3) is 3.20. The number of carbonyl (C=O) groups is 3. The molecule has 0 saturated carbocycles. The van der Waals surface area contributed by atoms with E-state index in [1.807, 2.05) is 13.8 Å². The fraction of sp³-hybridized carbons (Fsp3) is 0.550. The van der Waals surface area contributed by atoms with Gasteiger partial charge in [0.05, 0.1) is 5.92 Å². The third-order valence-electron chi connectivity index (χ3n) is 5.03. The standard InChI is InChI=1S/C20H24O6/c1-10(2)6-17(22)24-15-9-20(5)16(21)8-13(26-20)11(3)7-14-18(15)12(4)19(23)25-14/h7-8,10,14-15,18H,4,6,9H2,1-3,5H3. The Hall–Kier alpha value is -2.37. The Labute approximate surface area is 152 Å². The van der Waals surface area contributed by atoms with Crippen molar-refractivity contribution in [2.45, 2.75) is 58.3 Å². The molecule has 3 aliphatic heterocycles. The summed E-state index contributed by atoms with van der Waals surface area (Å²) in [7, 11) is 0. The largest absolute Gasteiger partial charge is 0.479 e. The molecule has 2 bridgehead atoms. The highest BCUT2D eigenvalue weighted by Crippen LogP contribution is 2.42. The Kier molecular flexibility index (Phi) is 4.54. The highest BCUT2D eigenvalue weighted by Gasteiger charge is 2.51. The van der Waals surface area contributed by atoms with Gasteiger partial charge in [0.1, 0.15) is 18.0 Å². The molecule has 0 amide bonds. The van der Waals surface area contributed by atoms with Gasteiger partial charge in [0.2, 0.25) is 5.78 Å². The summed E-state index contributed by atoms with van der Waals surface area (Å²) in [5.41, 5.74) is -0.188. The number of allylic oxidation sites excluding steroid dienone is 1. The summed E-state index contributed by atoms with van der Waals surface area (Å²) >= 11 is 0. The molecule has 0 N–H and O–H groups in total. The maximum absolute atomic E-state index is 12.5. The number of rotatable bonds is 3. The first-order valence-electron chi connectivity index (χ1n) is 8.84. The van der Waals surface area contributed by atoms with Crippen molar-refractivity contribution in [1.82, 2.24) is 0 Å². The van der Waals surface area contributed by atoms with E-state index in [2.05, 4.69) is 6.58 Å². The molecule has 0 aliphatic carbocycles. The van der Waals surface area contributed by atoms with Gasteiger partial charge < -0.3 is 14.2 Å². The first-order valence-corrected chi connectivity index (χ1v) is 8.84. The van der Waals surface area contributed by atoms with Gasteiger partial charge in [-0.3, -0.25) is 9.59 Å². The second kappa shape index (κ2) is 6.41. The van der Waals surface area contributed by atoms with Crippen molar-refractivity contribution >= 4 is 17.7 Å². The van der Waals surface area contributed by atoms with Gasteiger partial charge >= 0.3 is 11.9 Å². The maximum atomic E-state index is 12.5. The number of ether oxygens (including phenoxy) is 3. The lowest BCUT2D eigenvalue weighted by Gasteiger charge is -2.31. The van der Waals surface area contributed by atoms with E-state index in [9.17, 15) is 14.4 Å². The fourth-order valence-corrected chi connectivity index (χ4v) is 3.62. The summed E-state index contributed by atoms with van der Waals surface area (Å²) in [4.78, 5) is 36.9. The zero-order valence-corrected chi connectivity index (χ0v) is 15.5. The van der Waals surface area contributed by atoms with Crippen molar-refractivity contribution in [3.8, 4) is 0 Å². The van der Waals surface area contributed by atoms with Crippen molar-refractivity contribution < 1.29 is 28.6 Å². The Morgan fingerprint density at radius 3 is 2.77 bits per heavy atom. The van der Waals surface area contributed by atoms with Gasteiger partial charge in [-0.1, -0.05) is 20.4 Å². The summed E-state index contributed by atoms with van der Waals surface area (Å²) in [6.45, 7) is 11.1. The lowest BCUT2D eigenvalue weighted by molar-refractivity contribution is -0.158. The number of fused-ring (bicyclic) bond motifs is 3. The van der Waals surface area contributed by atoms with Crippen molar-refractivity contribution in [3.05, 3.63) is 35.6 Å². The topological polar surface area (TPSA) is 78.9 Å². The normalized spacial score (nSPS) is 33.4. The molecule has 4 atom stereocenters. The van der Waals surface area contributed by atoms with Gasteiger partial charge in [-0.25, -0.2) is 4.79 Å². The molecule has 4 unspecified atom stereocenters. The number of ketones is 1. The van der Waals surface area contributed by atoms with Crippen molar-refractivity contribution in [1.29, 1.82) is 0 Å². The van der Waals surface area contributed by atoms with Crippen molar-refractivity contribution in [2.75, 3.05) is 0 Å². The maximum Gasteiger partial charge on any atom is 0.334 e. The van der Waals surface area contributed by atoms with Gasteiger partial charge in [0, 0.05) is 24.5 Å². The van der Waals surface area contributed by atoms with E-state index >= 15 is 0 Å². The molecule has 3 rings (SSSR count). The van der Waals surface area contributed by atoms with Crippen LogP contribution in [0.15, 0.2) is 35.6 Å². The van der Waals surface area contributed by atoms with Crippen LogP contribution in [0.1, 0.15) is 40.5 Å². The lowest BCUT2D eigenvalue weighted by atomic mass is 9.82. The molecule has 1 fully saturated rings. The zero-order chi connectivity index (χ0) is 19.2. The SMILES string of the molecule is C=C1C(=O)OC2C=C(C)C3=CC(=O)C(C)(CC(OC(=O)CC(C)C)C12)O3. The average molecular weight is 360 g/mol. The summed E-state index contributed by atoms with van der Waals surface area (Å²) in [6, 6.07) is 0. The number of hydrogen-bond acceptors (Lipinski definition) is 6. The molecular weight excluding hydrogens is 336 g/mol. The second-order valence-electron chi connectivity index (χ2n) is 7.81. The number of hydrogen-bond donors (Lipinski definition) is 0. The van der Waals surface area contributed by atoms with Gasteiger partial charge in [-0.15, -0.1) is 0 Å². The van der Waals surface area contributed by atoms with Crippen LogP contribution in [0.3, 0.4) is 0 Å². The van der Waals surface area contributed by atoms with E-state index in [0.717, 1.165) is 0 Å². The van der Waals surface area contributed by atoms with Gasteiger partial charge in [-0.05, 0) is 31.4 Å². The van der Waals surface area contributed by atoms with E-state index in [1.165, 1.54) is 6.08 Å². The van der Waals surface area contributed by atoms with Crippen molar-refractivity contribution in [3.63, 3.8) is 0 Å². The van der Waals surface area contributed by atoms with Gasteiger partial charge in [-0.2, -0.15) is 0 Å². The summed E-state index contributed by atoms with van der Waals surface area (Å²) in [6.07, 6.45) is 2.22. The minimum Gasteiger partial charge on any atom is -0.479 e. The van der Waals surface area contributed by atoms with E-state index in [1.54, 1.807) is 19.9 Å². The zero-order valence-electron chi connectivity index (χ0n) is 15.5. The highest BCUT2D eigenvalue weighted by molar-refractivity contribution is 6.00. The number of carbonyl (C=O) groups excluding carboxylic acids is 3. The van der Waals surface area contributed by atoms with Gasteiger partial charge in [0.15, 0.2) is 5.60 Å². The van der Waals surface area contributed by atoms with E-state index in [0.29, 0.717) is 11.3 Å². The quantitative estimate of drug-likeness (QED) is 0.569. The Morgan fingerprint density at radius 1 is 1.42 bits per heavy atom. The molecule has 0 aromatic rings. The molecule has 140 valence electrons. The lowest BCUT2D eigenvalue weighted by Crippen LogP contribution is -2.42. The molecule has 0 aromatic carbocycles. The van der Waals surface area contributed by atoms with Gasteiger partial charge in [0.25, 0.3) is 0 Å². The molecule has 6 nitrogen and oxygen atoms in total. The van der Waals surface area contributed by atoms with Crippen LogP contribution in [-0.2, 0) is 28.6 Å². The minimum atomic E-state index is -1.14. The molecule has 3 heterocycles. The van der Waals surface area contributed by atoms with Crippen LogP contribution in [0.4, 0.5) is 0 Å². The highest BCUT2D eigenvalue weighted by atomic mass is 16.6. The van der Waals surface area contributed by atoms with Crippen LogP contribution in [0.2, 0.25) is 0 Å². The molecule has 26 heavy (non-hydrogen) atoms. The van der Waals surface area contributed by atoms with Crippen LogP contribution in [0.5, 0.6) is 0 Å². The van der Waals surface area contributed by atoms with E-state index in [-0.39, 0.29) is 36.1 Å². The summed E-state index contributed by atoms with van der Waals surface area (Å²) < 4.78 is 17.0. The predicted molar refractivity (Wildman–Crippen MR) is 92.8 cm³/mol.